The van der Waals surface area contributed by atoms with Crippen molar-refractivity contribution in [3.63, 3.8) is 0 Å². The summed E-state index contributed by atoms with van der Waals surface area (Å²) in [5.74, 6) is 0.677. The van der Waals surface area contributed by atoms with E-state index in [0.717, 1.165) is 32.1 Å². The average molecular weight is 280 g/mol. The summed E-state index contributed by atoms with van der Waals surface area (Å²) < 4.78 is 0. The third kappa shape index (κ3) is 2.57. The molecule has 0 aromatic carbocycles. The first kappa shape index (κ1) is 15.3. The molecule has 1 aliphatic heterocycles. The molecule has 0 bridgehead atoms. The van der Waals surface area contributed by atoms with E-state index in [1.54, 1.807) is 0 Å². The van der Waals surface area contributed by atoms with Crippen LogP contribution in [0.3, 0.4) is 0 Å². The first-order chi connectivity index (χ1) is 9.29. The maximum absolute atomic E-state index is 13.0. The molecule has 1 saturated carbocycles. The number of amides is 2. The minimum atomic E-state index is -0.728. The molecule has 2 fully saturated rings. The third-order valence-electron chi connectivity index (χ3n) is 4.87. The Morgan fingerprint density at radius 2 is 1.75 bits per heavy atom. The molecule has 1 spiro atoms. The van der Waals surface area contributed by atoms with Gasteiger partial charge >= 0.3 is 0 Å². The molecular weight excluding hydrogens is 252 g/mol. The first-order valence-electron chi connectivity index (χ1n) is 7.94. The highest BCUT2D eigenvalue weighted by atomic mass is 16.2. The van der Waals surface area contributed by atoms with Gasteiger partial charge in [-0.2, -0.15) is 0 Å². The van der Waals surface area contributed by atoms with Crippen molar-refractivity contribution >= 4 is 11.8 Å². The second kappa shape index (κ2) is 5.38. The predicted octanol–water partition coefficient (Wildman–Crippen LogP) is 2.47. The number of nitrogens with one attached hydrogen (secondary N) is 1. The molecule has 0 unspecified atom stereocenters. The van der Waals surface area contributed by atoms with Crippen LogP contribution in [0.5, 0.6) is 0 Å². The second-order valence-electron chi connectivity index (χ2n) is 7.30. The Bertz CT molecular complexity index is 395. The van der Waals surface area contributed by atoms with Crippen LogP contribution in [0.4, 0.5) is 0 Å². The normalized spacial score (nSPS) is 25.1. The van der Waals surface area contributed by atoms with Gasteiger partial charge in [0.05, 0.1) is 0 Å². The maximum Gasteiger partial charge on any atom is 0.249 e. The lowest BCUT2D eigenvalue weighted by Crippen LogP contribution is -2.74. The van der Waals surface area contributed by atoms with Gasteiger partial charge in [0.2, 0.25) is 11.8 Å². The molecule has 1 saturated heterocycles. The molecule has 2 amide bonds. The Balaban J connectivity index is 2.25. The Hall–Kier alpha value is -1.06. The molecular formula is C16H28N2O2. The van der Waals surface area contributed by atoms with E-state index in [1.165, 1.54) is 6.42 Å². The van der Waals surface area contributed by atoms with Gasteiger partial charge in [-0.1, -0.05) is 33.1 Å². The Morgan fingerprint density at radius 3 is 2.30 bits per heavy atom. The van der Waals surface area contributed by atoms with Crippen molar-refractivity contribution in [2.45, 2.75) is 77.3 Å². The molecule has 0 atom stereocenters. The summed E-state index contributed by atoms with van der Waals surface area (Å²) in [6, 6.07) is 0. The van der Waals surface area contributed by atoms with Gasteiger partial charge in [-0.3, -0.25) is 9.59 Å². The molecule has 4 heteroatoms. The number of nitrogens with zero attached hydrogens (tertiary/aromatic N) is 1. The van der Waals surface area contributed by atoms with Crippen molar-refractivity contribution in [2.24, 2.45) is 5.92 Å². The number of carbonyl (C=O) groups is 2. The first-order valence-corrected chi connectivity index (χ1v) is 7.94. The van der Waals surface area contributed by atoms with Gasteiger partial charge in [0, 0.05) is 6.54 Å². The SMILES string of the molecule is CC(C)CCN1C(=O)C2(CCCCC2)NC(=O)C1(C)C. The van der Waals surface area contributed by atoms with Gasteiger partial charge in [0.25, 0.3) is 0 Å². The molecule has 1 N–H and O–H groups in total. The summed E-state index contributed by atoms with van der Waals surface area (Å²) in [6.45, 7) is 8.70. The van der Waals surface area contributed by atoms with Crippen molar-refractivity contribution in [1.82, 2.24) is 10.2 Å². The van der Waals surface area contributed by atoms with Gasteiger partial charge in [-0.15, -0.1) is 0 Å². The highest BCUT2D eigenvalue weighted by molar-refractivity contribution is 6.01. The van der Waals surface area contributed by atoms with Crippen LogP contribution in [-0.2, 0) is 9.59 Å². The van der Waals surface area contributed by atoms with E-state index in [0.29, 0.717) is 12.5 Å². The zero-order valence-corrected chi connectivity index (χ0v) is 13.3. The third-order valence-corrected chi connectivity index (χ3v) is 4.87. The summed E-state index contributed by atoms with van der Waals surface area (Å²) in [4.78, 5) is 27.3. The fraction of sp³-hybridized carbons (Fsp3) is 0.875. The standard InChI is InChI=1S/C16H28N2O2/c1-12(2)8-11-18-14(20)16(9-6-5-7-10-16)17-13(19)15(18,3)4/h12H,5-11H2,1-4H3,(H,17,19). The summed E-state index contributed by atoms with van der Waals surface area (Å²) in [5, 5.41) is 3.06. The van der Waals surface area contributed by atoms with Crippen molar-refractivity contribution in [2.75, 3.05) is 6.54 Å². The number of piperazine rings is 1. The molecule has 0 radical (unpaired) electrons. The second-order valence-corrected chi connectivity index (χ2v) is 7.30. The van der Waals surface area contributed by atoms with Crippen LogP contribution in [0.25, 0.3) is 0 Å². The zero-order chi connectivity index (χ0) is 15.0. The van der Waals surface area contributed by atoms with E-state index in [1.807, 2.05) is 18.7 Å². The van der Waals surface area contributed by atoms with Crippen LogP contribution in [0.15, 0.2) is 0 Å². The Morgan fingerprint density at radius 1 is 1.15 bits per heavy atom. The number of hydrogen-bond donors (Lipinski definition) is 1. The number of rotatable bonds is 3. The predicted molar refractivity (Wildman–Crippen MR) is 79.2 cm³/mol. The van der Waals surface area contributed by atoms with Crippen molar-refractivity contribution in [1.29, 1.82) is 0 Å². The van der Waals surface area contributed by atoms with Crippen LogP contribution in [0, 0.1) is 5.92 Å². The van der Waals surface area contributed by atoms with Crippen LogP contribution in [0.2, 0.25) is 0 Å². The van der Waals surface area contributed by atoms with Crippen LogP contribution in [0.1, 0.15) is 66.2 Å². The maximum atomic E-state index is 13.0. The Kier molecular flexibility index (Phi) is 4.12. The molecule has 1 heterocycles. The molecule has 0 aromatic rings. The smallest absolute Gasteiger partial charge is 0.249 e. The number of carbonyl (C=O) groups excluding carboxylic acids is 2. The van der Waals surface area contributed by atoms with Gasteiger partial charge in [-0.25, -0.2) is 0 Å². The fourth-order valence-electron chi connectivity index (χ4n) is 3.32. The van der Waals surface area contributed by atoms with Gasteiger partial charge < -0.3 is 10.2 Å². The zero-order valence-electron chi connectivity index (χ0n) is 13.3. The van der Waals surface area contributed by atoms with Crippen molar-refractivity contribution in [3.05, 3.63) is 0 Å². The lowest BCUT2D eigenvalue weighted by atomic mass is 9.76. The van der Waals surface area contributed by atoms with Gasteiger partial charge in [0.15, 0.2) is 0 Å². The molecule has 2 rings (SSSR count). The molecule has 4 nitrogen and oxygen atoms in total. The lowest BCUT2D eigenvalue weighted by molar-refractivity contribution is -0.162. The largest absolute Gasteiger partial charge is 0.340 e. The molecule has 1 aliphatic carbocycles. The summed E-state index contributed by atoms with van der Waals surface area (Å²) >= 11 is 0. The molecule has 20 heavy (non-hydrogen) atoms. The van der Waals surface area contributed by atoms with E-state index in [-0.39, 0.29) is 11.8 Å². The number of hydrogen-bond acceptors (Lipinski definition) is 2. The van der Waals surface area contributed by atoms with Crippen LogP contribution >= 0.6 is 0 Å². The van der Waals surface area contributed by atoms with Gasteiger partial charge in [-0.05, 0) is 39.0 Å². The van der Waals surface area contributed by atoms with Gasteiger partial charge in [0.1, 0.15) is 11.1 Å². The molecule has 2 aliphatic rings. The monoisotopic (exact) mass is 280 g/mol. The molecule has 0 aromatic heterocycles. The highest BCUT2D eigenvalue weighted by Crippen LogP contribution is 2.36. The van der Waals surface area contributed by atoms with Crippen LogP contribution in [-0.4, -0.2) is 34.3 Å². The van der Waals surface area contributed by atoms with Crippen molar-refractivity contribution in [3.8, 4) is 0 Å². The topological polar surface area (TPSA) is 49.4 Å². The van der Waals surface area contributed by atoms with E-state index >= 15 is 0 Å². The van der Waals surface area contributed by atoms with E-state index < -0.39 is 11.1 Å². The Labute approximate surface area is 122 Å². The summed E-state index contributed by atoms with van der Waals surface area (Å²) in [5.41, 5.74) is -1.34. The van der Waals surface area contributed by atoms with E-state index in [2.05, 4.69) is 19.2 Å². The molecule has 114 valence electrons. The van der Waals surface area contributed by atoms with E-state index in [9.17, 15) is 9.59 Å². The summed E-state index contributed by atoms with van der Waals surface area (Å²) in [6.07, 6.45) is 5.77. The quantitative estimate of drug-likeness (QED) is 0.863. The van der Waals surface area contributed by atoms with Crippen molar-refractivity contribution < 1.29 is 9.59 Å². The average Bonchev–Trinajstić information content (AvgIpc) is 2.37. The fourth-order valence-corrected chi connectivity index (χ4v) is 3.32. The highest BCUT2D eigenvalue weighted by Gasteiger charge is 2.54. The minimum Gasteiger partial charge on any atom is -0.340 e. The lowest BCUT2D eigenvalue weighted by Gasteiger charge is -2.51. The summed E-state index contributed by atoms with van der Waals surface area (Å²) in [7, 11) is 0. The van der Waals surface area contributed by atoms with Crippen LogP contribution < -0.4 is 5.32 Å². The van der Waals surface area contributed by atoms with E-state index in [4.69, 9.17) is 0 Å². The minimum absolute atomic E-state index is 0.00255.